The molecule has 15 heavy (non-hydrogen) atoms. The summed E-state index contributed by atoms with van der Waals surface area (Å²) >= 11 is 0. The van der Waals surface area contributed by atoms with E-state index in [-0.39, 0.29) is 0 Å². The molecule has 0 spiro atoms. The molecule has 1 heterocycles. The third-order valence-electron chi connectivity index (χ3n) is 2.95. The number of nitrogens with one attached hydrogen (secondary N) is 1. The average molecular weight is 205 g/mol. The Kier molecular flexibility index (Phi) is 3.39. The van der Waals surface area contributed by atoms with Crippen LogP contribution in [0.25, 0.3) is 0 Å². The second kappa shape index (κ2) is 4.77. The van der Waals surface area contributed by atoms with E-state index in [9.17, 15) is 0 Å². The lowest BCUT2D eigenvalue weighted by atomic mass is 10.0. The van der Waals surface area contributed by atoms with Crippen LogP contribution in [0.3, 0.4) is 0 Å². The van der Waals surface area contributed by atoms with Crippen LogP contribution >= 0.6 is 0 Å². The van der Waals surface area contributed by atoms with Gasteiger partial charge in [-0.05, 0) is 36.6 Å². The van der Waals surface area contributed by atoms with E-state index in [1.54, 1.807) is 0 Å². The van der Waals surface area contributed by atoms with Gasteiger partial charge in [0.25, 0.3) is 0 Å². The first-order valence-electron chi connectivity index (χ1n) is 5.74. The van der Waals surface area contributed by atoms with Gasteiger partial charge in [-0.25, -0.2) is 0 Å². The van der Waals surface area contributed by atoms with E-state index in [0.717, 1.165) is 19.8 Å². The lowest BCUT2D eigenvalue weighted by molar-refractivity contribution is 0.134. The Morgan fingerprint density at radius 3 is 2.93 bits per heavy atom. The molecule has 1 N–H and O–H groups in total. The van der Waals surface area contributed by atoms with Gasteiger partial charge in [-0.15, -0.1) is 0 Å². The first-order chi connectivity index (χ1) is 7.31. The van der Waals surface area contributed by atoms with E-state index in [0.29, 0.717) is 6.04 Å². The van der Waals surface area contributed by atoms with Crippen molar-refractivity contribution >= 4 is 0 Å². The van der Waals surface area contributed by atoms with Crippen LogP contribution in [0.4, 0.5) is 0 Å². The standard InChI is InChI=1S/C13H19NO/c1-3-6-14-10(2)11-4-5-12-8-15-9-13(12)7-11/h4-5,7,10,14H,3,6,8-9H2,1-2H3. The van der Waals surface area contributed by atoms with Gasteiger partial charge in [0.05, 0.1) is 13.2 Å². The summed E-state index contributed by atoms with van der Waals surface area (Å²) in [5, 5.41) is 3.50. The van der Waals surface area contributed by atoms with Crippen molar-refractivity contribution in [1.29, 1.82) is 0 Å². The summed E-state index contributed by atoms with van der Waals surface area (Å²) < 4.78 is 5.41. The minimum atomic E-state index is 0.441. The summed E-state index contributed by atoms with van der Waals surface area (Å²) in [4.78, 5) is 0. The highest BCUT2D eigenvalue weighted by Crippen LogP contribution is 2.23. The summed E-state index contributed by atoms with van der Waals surface area (Å²) in [5.74, 6) is 0. The predicted octanol–water partition coefficient (Wildman–Crippen LogP) is 2.78. The van der Waals surface area contributed by atoms with E-state index in [2.05, 4.69) is 37.4 Å². The molecular formula is C13H19NO. The Bertz CT molecular complexity index is 335. The van der Waals surface area contributed by atoms with Gasteiger partial charge in [-0.3, -0.25) is 0 Å². The molecule has 2 nitrogen and oxygen atoms in total. The van der Waals surface area contributed by atoms with Crippen molar-refractivity contribution in [3.05, 3.63) is 34.9 Å². The lowest BCUT2D eigenvalue weighted by Crippen LogP contribution is -2.19. The Balaban J connectivity index is 2.08. The number of rotatable bonds is 4. The van der Waals surface area contributed by atoms with Crippen molar-refractivity contribution in [1.82, 2.24) is 5.32 Å². The van der Waals surface area contributed by atoms with Crippen molar-refractivity contribution in [2.75, 3.05) is 6.54 Å². The molecule has 1 atom stereocenters. The lowest BCUT2D eigenvalue weighted by Gasteiger charge is -2.14. The fourth-order valence-electron chi connectivity index (χ4n) is 1.94. The van der Waals surface area contributed by atoms with Gasteiger partial charge in [-0.2, -0.15) is 0 Å². The largest absolute Gasteiger partial charge is 0.372 e. The van der Waals surface area contributed by atoms with E-state index in [4.69, 9.17) is 4.74 Å². The fourth-order valence-corrected chi connectivity index (χ4v) is 1.94. The molecule has 0 bridgehead atoms. The molecule has 2 heteroatoms. The van der Waals surface area contributed by atoms with Crippen LogP contribution < -0.4 is 5.32 Å². The van der Waals surface area contributed by atoms with E-state index in [1.807, 2.05) is 0 Å². The van der Waals surface area contributed by atoms with Crippen LogP contribution in [-0.2, 0) is 18.0 Å². The van der Waals surface area contributed by atoms with E-state index < -0.39 is 0 Å². The highest BCUT2D eigenvalue weighted by molar-refractivity contribution is 5.34. The summed E-state index contributed by atoms with van der Waals surface area (Å²) in [6.45, 7) is 7.05. The molecule has 1 aromatic rings. The molecule has 1 aliphatic rings. The fraction of sp³-hybridized carbons (Fsp3) is 0.538. The maximum Gasteiger partial charge on any atom is 0.0725 e. The molecule has 0 fully saturated rings. The monoisotopic (exact) mass is 205 g/mol. The van der Waals surface area contributed by atoms with Gasteiger partial charge >= 0.3 is 0 Å². The number of fused-ring (bicyclic) bond motifs is 1. The third-order valence-corrected chi connectivity index (χ3v) is 2.95. The smallest absolute Gasteiger partial charge is 0.0725 e. The van der Waals surface area contributed by atoms with Crippen molar-refractivity contribution in [3.63, 3.8) is 0 Å². The molecule has 0 amide bonds. The van der Waals surface area contributed by atoms with Crippen molar-refractivity contribution in [2.45, 2.75) is 39.5 Å². The minimum absolute atomic E-state index is 0.441. The van der Waals surface area contributed by atoms with Crippen LogP contribution in [0.5, 0.6) is 0 Å². The highest BCUT2D eigenvalue weighted by Gasteiger charge is 2.13. The maximum absolute atomic E-state index is 5.41. The first kappa shape index (κ1) is 10.7. The Labute approximate surface area is 91.6 Å². The topological polar surface area (TPSA) is 21.3 Å². The van der Waals surface area contributed by atoms with Crippen LogP contribution in [0.2, 0.25) is 0 Å². The zero-order chi connectivity index (χ0) is 10.7. The minimum Gasteiger partial charge on any atom is -0.372 e. The van der Waals surface area contributed by atoms with Gasteiger partial charge in [-0.1, -0.05) is 25.1 Å². The van der Waals surface area contributed by atoms with Gasteiger partial charge in [0.2, 0.25) is 0 Å². The van der Waals surface area contributed by atoms with Crippen molar-refractivity contribution in [3.8, 4) is 0 Å². The van der Waals surface area contributed by atoms with Crippen molar-refractivity contribution in [2.24, 2.45) is 0 Å². The van der Waals surface area contributed by atoms with Crippen LogP contribution in [0.15, 0.2) is 18.2 Å². The quantitative estimate of drug-likeness (QED) is 0.816. The zero-order valence-corrected chi connectivity index (χ0v) is 9.55. The molecule has 0 radical (unpaired) electrons. The van der Waals surface area contributed by atoms with Gasteiger partial charge < -0.3 is 10.1 Å². The molecule has 0 saturated carbocycles. The summed E-state index contributed by atoms with van der Waals surface area (Å²) in [5.41, 5.74) is 4.08. The summed E-state index contributed by atoms with van der Waals surface area (Å²) in [7, 11) is 0. The predicted molar refractivity (Wildman–Crippen MR) is 61.6 cm³/mol. The SMILES string of the molecule is CCCNC(C)c1ccc2c(c1)COC2. The molecule has 0 saturated heterocycles. The number of hydrogen-bond donors (Lipinski definition) is 1. The molecule has 0 aliphatic carbocycles. The second-order valence-corrected chi connectivity index (χ2v) is 4.20. The number of benzene rings is 1. The van der Waals surface area contributed by atoms with E-state index in [1.165, 1.54) is 23.1 Å². The maximum atomic E-state index is 5.41. The average Bonchev–Trinajstić information content (AvgIpc) is 2.72. The van der Waals surface area contributed by atoms with Crippen LogP contribution in [0.1, 0.15) is 43.0 Å². The summed E-state index contributed by atoms with van der Waals surface area (Å²) in [6.07, 6.45) is 1.18. The molecule has 2 rings (SSSR count). The van der Waals surface area contributed by atoms with Crippen molar-refractivity contribution < 1.29 is 4.74 Å². The van der Waals surface area contributed by atoms with Gasteiger partial charge in [0, 0.05) is 6.04 Å². The second-order valence-electron chi connectivity index (χ2n) is 4.20. The summed E-state index contributed by atoms with van der Waals surface area (Å²) in [6, 6.07) is 7.12. The molecule has 1 unspecified atom stereocenters. The molecular weight excluding hydrogens is 186 g/mol. The normalized spacial score (nSPS) is 16.4. The highest BCUT2D eigenvalue weighted by atomic mass is 16.5. The first-order valence-corrected chi connectivity index (χ1v) is 5.74. The Morgan fingerprint density at radius 1 is 1.33 bits per heavy atom. The van der Waals surface area contributed by atoms with Crippen LogP contribution in [-0.4, -0.2) is 6.54 Å². The Morgan fingerprint density at radius 2 is 2.13 bits per heavy atom. The molecule has 0 aromatic heterocycles. The van der Waals surface area contributed by atoms with E-state index >= 15 is 0 Å². The zero-order valence-electron chi connectivity index (χ0n) is 9.55. The molecule has 82 valence electrons. The third kappa shape index (κ3) is 2.39. The number of hydrogen-bond acceptors (Lipinski definition) is 2. The van der Waals surface area contributed by atoms with Crippen LogP contribution in [0, 0.1) is 0 Å². The molecule has 1 aliphatic heterocycles. The van der Waals surface area contributed by atoms with Gasteiger partial charge in [0.15, 0.2) is 0 Å². The van der Waals surface area contributed by atoms with Gasteiger partial charge in [0.1, 0.15) is 0 Å². The number of ether oxygens (including phenoxy) is 1. The Hall–Kier alpha value is -0.860. The molecule has 1 aromatic carbocycles.